The van der Waals surface area contributed by atoms with Crippen LogP contribution in [0.3, 0.4) is 0 Å². The zero-order chi connectivity index (χ0) is 18.5. The lowest BCUT2D eigenvalue weighted by molar-refractivity contribution is -0.121. The molecule has 0 aromatic carbocycles. The third-order valence-electron chi connectivity index (χ3n) is 5.23. The van der Waals surface area contributed by atoms with Crippen LogP contribution in [0.25, 0.3) is 0 Å². The highest BCUT2D eigenvalue weighted by molar-refractivity contribution is 7.92. The predicted octanol–water partition coefficient (Wildman–Crippen LogP) is 0.767. The molecule has 2 fully saturated rings. The molecule has 1 saturated carbocycles. The minimum absolute atomic E-state index is 0.119. The lowest BCUT2D eigenvalue weighted by atomic mass is 10.0. The van der Waals surface area contributed by atoms with Gasteiger partial charge in [-0.2, -0.15) is 0 Å². The second-order valence-electron chi connectivity index (χ2n) is 7.68. The Kier molecular flexibility index (Phi) is 6.71. The summed E-state index contributed by atoms with van der Waals surface area (Å²) in [5, 5.41) is 6.17. The van der Waals surface area contributed by atoms with Crippen LogP contribution >= 0.6 is 0 Å². The van der Waals surface area contributed by atoms with Crippen molar-refractivity contribution in [3.8, 4) is 0 Å². The molecule has 1 amide bonds. The highest BCUT2D eigenvalue weighted by Gasteiger charge is 2.40. The zero-order valence-corrected chi connectivity index (χ0v) is 16.5. The van der Waals surface area contributed by atoms with E-state index >= 15 is 0 Å². The molecule has 1 saturated heterocycles. The zero-order valence-electron chi connectivity index (χ0n) is 15.7. The molecule has 25 heavy (non-hydrogen) atoms. The first-order chi connectivity index (χ1) is 11.7. The molecule has 2 aliphatic rings. The number of aliphatic imine (C=N–C) groups is 1. The Balaban J connectivity index is 1.72. The van der Waals surface area contributed by atoms with Crippen LogP contribution in [0.15, 0.2) is 4.99 Å². The molecule has 0 spiro atoms. The van der Waals surface area contributed by atoms with Crippen molar-refractivity contribution in [3.05, 3.63) is 0 Å². The van der Waals surface area contributed by atoms with Crippen LogP contribution in [0.1, 0.15) is 46.0 Å². The first kappa shape index (κ1) is 20.0. The topological polar surface area (TPSA) is 90.9 Å². The molecule has 144 valence electrons. The predicted molar refractivity (Wildman–Crippen MR) is 100 cm³/mol. The van der Waals surface area contributed by atoms with Crippen molar-refractivity contribution < 1.29 is 13.2 Å². The molecule has 8 heteroatoms. The van der Waals surface area contributed by atoms with Gasteiger partial charge >= 0.3 is 0 Å². The second-order valence-corrected chi connectivity index (χ2v) is 10.4. The summed E-state index contributed by atoms with van der Waals surface area (Å²) < 4.78 is 23.4. The van der Waals surface area contributed by atoms with Crippen LogP contribution in [-0.2, 0) is 14.6 Å². The summed E-state index contributed by atoms with van der Waals surface area (Å²) in [6, 6.07) is 0. The van der Waals surface area contributed by atoms with Crippen molar-refractivity contribution in [2.24, 2.45) is 10.9 Å². The number of rotatable bonds is 5. The molecule has 1 aliphatic heterocycles. The number of nitrogens with one attached hydrogen (secondary N) is 2. The molecule has 0 bridgehead atoms. The van der Waals surface area contributed by atoms with Gasteiger partial charge in [0.15, 0.2) is 15.8 Å². The van der Waals surface area contributed by atoms with E-state index in [1.807, 2.05) is 4.90 Å². The van der Waals surface area contributed by atoms with Gasteiger partial charge in [0.2, 0.25) is 5.91 Å². The Morgan fingerprint density at radius 3 is 2.44 bits per heavy atom. The number of carbonyl (C=O) groups is 1. The Morgan fingerprint density at radius 2 is 1.84 bits per heavy atom. The third kappa shape index (κ3) is 5.33. The molecule has 1 aliphatic carbocycles. The minimum atomic E-state index is -3.07. The van der Waals surface area contributed by atoms with E-state index in [9.17, 15) is 13.2 Å². The molecule has 0 atom stereocenters. The van der Waals surface area contributed by atoms with Crippen molar-refractivity contribution >= 4 is 21.7 Å². The van der Waals surface area contributed by atoms with Crippen LogP contribution in [0, 0.1) is 5.92 Å². The Bertz CT molecular complexity index is 595. The van der Waals surface area contributed by atoms with Gasteiger partial charge in [0.25, 0.3) is 0 Å². The van der Waals surface area contributed by atoms with Crippen LogP contribution in [-0.4, -0.2) is 68.9 Å². The molecule has 0 aromatic heterocycles. The summed E-state index contributed by atoms with van der Waals surface area (Å²) in [5.74, 6) is 1.50. The third-order valence-corrected chi connectivity index (χ3v) is 7.77. The molecule has 0 unspecified atom stereocenters. The summed E-state index contributed by atoms with van der Waals surface area (Å²) in [4.78, 5) is 18.1. The fourth-order valence-corrected chi connectivity index (χ4v) is 4.95. The van der Waals surface area contributed by atoms with Crippen molar-refractivity contribution in [2.75, 3.05) is 39.0 Å². The summed E-state index contributed by atoms with van der Waals surface area (Å²) >= 11 is 0. The maximum atomic E-state index is 12.1. The first-order valence-corrected chi connectivity index (χ1v) is 10.8. The fraction of sp³-hybridized carbons (Fsp3) is 0.882. The van der Waals surface area contributed by atoms with E-state index in [1.165, 1.54) is 25.7 Å². The Labute approximate surface area is 151 Å². The van der Waals surface area contributed by atoms with Gasteiger partial charge in [0.05, 0.1) is 10.5 Å². The number of hydrogen-bond donors (Lipinski definition) is 2. The average Bonchev–Trinajstić information content (AvgIpc) is 3.03. The van der Waals surface area contributed by atoms with Gasteiger partial charge in [-0.25, -0.2) is 8.42 Å². The number of sulfone groups is 1. The highest BCUT2D eigenvalue weighted by atomic mass is 32.2. The van der Waals surface area contributed by atoms with E-state index in [-0.39, 0.29) is 11.7 Å². The number of guanidine groups is 1. The van der Waals surface area contributed by atoms with Crippen molar-refractivity contribution in [3.63, 3.8) is 0 Å². The molecule has 2 N–H and O–H groups in total. The van der Waals surface area contributed by atoms with E-state index in [0.717, 1.165) is 0 Å². The second kappa shape index (κ2) is 8.38. The fourth-order valence-electron chi connectivity index (χ4n) is 3.58. The summed E-state index contributed by atoms with van der Waals surface area (Å²) in [5.41, 5.74) is 0. The van der Waals surface area contributed by atoms with Crippen molar-refractivity contribution in [2.45, 2.75) is 50.7 Å². The largest absolute Gasteiger partial charge is 0.354 e. The first-order valence-electron chi connectivity index (χ1n) is 9.20. The molecule has 7 nitrogen and oxygen atoms in total. The maximum absolute atomic E-state index is 12.1. The lowest BCUT2D eigenvalue weighted by Crippen LogP contribution is -2.57. The number of nitrogens with zero attached hydrogens (tertiary/aromatic N) is 2. The molecule has 0 aromatic rings. The van der Waals surface area contributed by atoms with Gasteiger partial charge in [-0.1, -0.05) is 12.8 Å². The van der Waals surface area contributed by atoms with E-state index in [4.69, 9.17) is 0 Å². The smallest absolute Gasteiger partial charge is 0.220 e. The van der Waals surface area contributed by atoms with Crippen LogP contribution in [0.5, 0.6) is 0 Å². The molecular formula is C17H32N4O3S. The van der Waals surface area contributed by atoms with Gasteiger partial charge in [-0.15, -0.1) is 0 Å². The van der Waals surface area contributed by atoms with Crippen molar-refractivity contribution in [1.82, 2.24) is 15.5 Å². The van der Waals surface area contributed by atoms with Crippen LogP contribution in [0.4, 0.5) is 0 Å². The monoisotopic (exact) mass is 372 g/mol. The minimum Gasteiger partial charge on any atom is -0.354 e. The van der Waals surface area contributed by atoms with E-state index in [1.54, 1.807) is 20.9 Å². The normalized spacial score (nSPS) is 23.5. The average molecular weight is 373 g/mol. The molecule has 0 radical (unpaired) electrons. The molecule has 2 rings (SSSR count). The number of amides is 1. The van der Waals surface area contributed by atoms with Gasteiger partial charge in [0, 0.05) is 39.6 Å². The van der Waals surface area contributed by atoms with E-state index in [2.05, 4.69) is 15.6 Å². The maximum Gasteiger partial charge on any atom is 0.220 e. The quantitative estimate of drug-likeness (QED) is 0.423. The van der Waals surface area contributed by atoms with E-state index in [0.29, 0.717) is 44.5 Å². The van der Waals surface area contributed by atoms with Crippen LogP contribution in [0.2, 0.25) is 0 Å². The van der Waals surface area contributed by atoms with E-state index < -0.39 is 14.6 Å². The lowest BCUT2D eigenvalue weighted by Gasteiger charge is -2.39. The highest BCUT2D eigenvalue weighted by Crippen LogP contribution is 2.27. The summed E-state index contributed by atoms with van der Waals surface area (Å²) in [7, 11) is -1.37. The Morgan fingerprint density at radius 1 is 1.20 bits per heavy atom. The van der Waals surface area contributed by atoms with Gasteiger partial charge < -0.3 is 15.5 Å². The van der Waals surface area contributed by atoms with Crippen molar-refractivity contribution in [1.29, 1.82) is 0 Å². The SMILES string of the molecule is CN=C(NCCNC(=O)CC1CCCC1)N1CCS(=O)(=O)C(C)(C)C1. The summed E-state index contributed by atoms with van der Waals surface area (Å²) in [6.45, 7) is 5.49. The standard InChI is InChI=1S/C17H32N4O3S/c1-17(2)13-21(10-11-25(17,23)24)16(18-3)20-9-8-19-15(22)12-14-6-4-5-7-14/h14H,4-13H2,1-3H3,(H,18,20)(H,19,22). The number of carbonyl (C=O) groups excluding carboxylic acids is 1. The Hall–Kier alpha value is -1.31. The van der Waals surface area contributed by atoms with Crippen LogP contribution < -0.4 is 10.6 Å². The summed E-state index contributed by atoms with van der Waals surface area (Å²) in [6.07, 6.45) is 5.47. The molecule has 1 heterocycles. The van der Waals surface area contributed by atoms with Gasteiger partial charge in [-0.05, 0) is 32.6 Å². The van der Waals surface area contributed by atoms with Gasteiger partial charge in [0.1, 0.15) is 0 Å². The van der Waals surface area contributed by atoms with Gasteiger partial charge in [-0.3, -0.25) is 9.79 Å². The number of hydrogen-bond acceptors (Lipinski definition) is 4. The molecular weight excluding hydrogens is 340 g/mol.